The summed E-state index contributed by atoms with van der Waals surface area (Å²) >= 11 is 0. The number of nitrogens with zero attached hydrogens (tertiary/aromatic N) is 4. The van der Waals surface area contributed by atoms with Crippen LogP contribution < -0.4 is 0 Å². The van der Waals surface area contributed by atoms with Crippen LogP contribution >= 0.6 is 0 Å². The first-order valence-electron chi connectivity index (χ1n) is 8.24. The third-order valence-electron chi connectivity index (χ3n) is 4.24. The molecule has 2 amide bonds. The van der Waals surface area contributed by atoms with Crippen molar-refractivity contribution in [1.29, 1.82) is 0 Å². The van der Waals surface area contributed by atoms with Gasteiger partial charge in [-0.25, -0.2) is 0 Å². The Bertz CT molecular complexity index is 744. The Hall–Kier alpha value is -2.67. The third-order valence-corrected chi connectivity index (χ3v) is 4.24. The van der Waals surface area contributed by atoms with Crippen LogP contribution in [-0.2, 0) is 17.9 Å². The van der Waals surface area contributed by atoms with E-state index >= 15 is 0 Å². The van der Waals surface area contributed by atoms with Crippen molar-refractivity contribution in [2.75, 3.05) is 33.7 Å². The van der Waals surface area contributed by atoms with Crippen LogP contribution in [0.3, 0.4) is 0 Å². The van der Waals surface area contributed by atoms with Crippen LogP contribution in [0.25, 0.3) is 0 Å². The van der Waals surface area contributed by atoms with Crippen molar-refractivity contribution in [3.05, 3.63) is 53.4 Å². The fraction of sp³-hybridized carbons (Fsp3) is 0.389. The topological polar surface area (TPSA) is 69.9 Å². The van der Waals surface area contributed by atoms with E-state index < -0.39 is 0 Å². The first-order chi connectivity index (χ1) is 12.0. The normalized spacial score (nSPS) is 15.1. The Morgan fingerprint density at radius 1 is 1.24 bits per heavy atom. The molecule has 0 bridgehead atoms. The second kappa shape index (κ2) is 7.48. The van der Waals surface area contributed by atoms with Crippen LogP contribution in [-0.4, -0.2) is 65.4 Å². The van der Waals surface area contributed by atoms with Crippen LogP contribution in [0.1, 0.15) is 21.8 Å². The lowest BCUT2D eigenvalue weighted by Gasteiger charge is -2.31. The first kappa shape index (κ1) is 17.2. The number of hydrogen-bond donors (Lipinski definition) is 0. The molecule has 1 aromatic carbocycles. The Morgan fingerprint density at radius 3 is 2.72 bits per heavy atom. The van der Waals surface area contributed by atoms with Crippen LogP contribution in [0.15, 0.2) is 40.9 Å². The summed E-state index contributed by atoms with van der Waals surface area (Å²) in [4.78, 5) is 29.4. The number of amides is 2. The van der Waals surface area contributed by atoms with Gasteiger partial charge in [-0.15, -0.1) is 0 Å². The molecule has 0 spiro atoms. The predicted octanol–water partition coefficient (Wildman–Crippen LogP) is 1.22. The molecule has 2 heterocycles. The highest BCUT2D eigenvalue weighted by Crippen LogP contribution is 2.12. The van der Waals surface area contributed by atoms with Gasteiger partial charge in [-0.05, 0) is 12.6 Å². The maximum absolute atomic E-state index is 12.5. The lowest BCUT2D eigenvalue weighted by Crippen LogP contribution is -2.50. The van der Waals surface area contributed by atoms with Gasteiger partial charge in [0.1, 0.15) is 6.54 Å². The minimum absolute atomic E-state index is 0.0640. The molecule has 3 rings (SSSR count). The molecule has 0 atom stereocenters. The highest BCUT2D eigenvalue weighted by atomic mass is 16.5. The van der Waals surface area contributed by atoms with E-state index in [1.807, 2.05) is 25.2 Å². The molecule has 7 nitrogen and oxygen atoms in total. The molecule has 25 heavy (non-hydrogen) atoms. The molecule has 1 saturated heterocycles. The van der Waals surface area contributed by atoms with E-state index in [0.717, 1.165) is 6.54 Å². The molecular formula is C18H22N4O3. The highest BCUT2D eigenvalue weighted by Gasteiger charge is 2.27. The molecule has 0 radical (unpaired) electrons. The molecule has 0 N–H and O–H groups in total. The number of aromatic nitrogens is 1. The Balaban J connectivity index is 1.58. The number of carbonyl (C=O) groups is 2. The molecule has 1 aliphatic rings. The van der Waals surface area contributed by atoms with Gasteiger partial charge in [-0.3, -0.25) is 14.5 Å². The SMILES string of the molecule is CN(Cc1ccccc1)Cc1cc(C(=O)N2CCN(C)C(=O)C2)no1. The highest BCUT2D eigenvalue weighted by molar-refractivity contribution is 5.95. The number of benzene rings is 1. The van der Waals surface area contributed by atoms with E-state index in [2.05, 4.69) is 22.2 Å². The van der Waals surface area contributed by atoms with Crippen molar-refractivity contribution in [2.24, 2.45) is 0 Å². The van der Waals surface area contributed by atoms with Gasteiger partial charge in [0.2, 0.25) is 5.91 Å². The van der Waals surface area contributed by atoms with Gasteiger partial charge >= 0.3 is 0 Å². The molecule has 1 aromatic heterocycles. The summed E-state index contributed by atoms with van der Waals surface area (Å²) in [6.45, 7) is 2.46. The number of carbonyl (C=O) groups excluding carboxylic acids is 2. The number of piperazine rings is 1. The molecule has 1 fully saturated rings. The Morgan fingerprint density at radius 2 is 2.00 bits per heavy atom. The minimum Gasteiger partial charge on any atom is -0.359 e. The van der Waals surface area contributed by atoms with Gasteiger partial charge < -0.3 is 14.3 Å². The van der Waals surface area contributed by atoms with Crippen LogP contribution in [0.4, 0.5) is 0 Å². The lowest BCUT2D eigenvalue weighted by atomic mass is 10.2. The van der Waals surface area contributed by atoms with Crippen molar-refractivity contribution in [1.82, 2.24) is 19.9 Å². The maximum atomic E-state index is 12.5. The predicted molar refractivity (Wildman–Crippen MR) is 91.7 cm³/mol. The zero-order valence-electron chi connectivity index (χ0n) is 14.5. The van der Waals surface area contributed by atoms with Crippen molar-refractivity contribution < 1.29 is 14.1 Å². The van der Waals surface area contributed by atoms with E-state index in [0.29, 0.717) is 25.4 Å². The van der Waals surface area contributed by atoms with Gasteiger partial charge in [0.15, 0.2) is 11.5 Å². The first-order valence-corrected chi connectivity index (χ1v) is 8.24. The van der Waals surface area contributed by atoms with Gasteiger partial charge in [0.05, 0.1) is 6.54 Å². The monoisotopic (exact) mass is 342 g/mol. The van der Waals surface area contributed by atoms with E-state index in [9.17, 15) is 9.59 Å². The summed E-state index contributed by atoms with van der Waals surface area (Å²) in [7, 11) is 3.72. The second-order valence-corrected chi connectivity index (χ2v) is 6.38. The van der Waals surface area contributed by atoms with Crippen molar-refractivity contribution in [3.63, 3.8) is 0 Å². The molecule has 0 aliphatic carbocycles. The van der Waals surface area contributed by atoms with Crippen molar-refractivity contribution in [3.8, 4) is 0 Å². The molecule has 0 unspecified atom stereocenters. The maximum Gasteiger partial charge on any atom is 0.276 e. The quantitative estimate of drug-likeness (QED) is 0.817. The fourth-order valence-electron chi connectivity index (χ4n) is 2.80. The summed E-state index contributed by atoms with van der Waals surface area (Å²) in [5, 5.41) is 3.88. The fourth-order valence-corrected chi connectivity index (χ4v) is 2.80. The smallest absolute Gasteiger partial charge is 0.276 e. The summed E-state index contributed by atoms with van der Waals surface area (Å²) in [6.07, 6.45) is 0. The van der Waals surface area contributed by atoms with Crippen LogP contribution in [0.2, 0.25) is 0 Å². The zero-order chi connectivity index (χ0) is 17.8. The number of hydrogen-bond acceptors (Lipinski definition) is 5. The molecule has 1 aliphatic heterocycles. The average molecular weight is 342 g/mol. The average Bonchev–Trinajstić information content (AvgIpc) is 3.06. The second-order valence-electron chi connectivity index (χ2n) is 6.38. The van der Waals surface area contributed by atoms with Gasteiger partial charge in [-0.1, -0.05) is 35.5 Å². The Labute approximate surface area is 146 Å². The third kappa shape index (κ3) is 4.24. The van der Waals surface area contributed by atoms with Crippen molar-refractivity contribution >= 4 is 11.8 Å². The van der Waals surface area contributed by atoms with E-state index in [4.69, 9.17) is 4.52 Å². The molecule has 7 heteroatoms. The summed E-state index contributed by atoms with van der Waals surface area (Å²) in [5.41, 5.74) is 1.46. The largest absolute Gasteiger partial charge is 0.359 e. The van der Waals surface area contributed by atoms with Crippen LogP contribution in [0.5, 0.6) is 0 Å². The van der Waals surface area contributed by atoms with Gasteiger partial charge in [-0.2, -0.15) is 0 Å². The van der Waals surface area contributed by atoms with Crippen molar-refractivity contribution in [2.45, 2.75) is 13.1 Å². The molecular weight excluding hydrogens is 320 g/mol. The summed E-state index contributed by atoms with van der Waals surface area (Å²) in [5.74, 6) is 0.301. The molecule has 132 valence electrons. The summed E-state index contributed by atoms with van der Waals surface area (Å²) in [6, 6.07) is 11.8. The van der Waals surface area contributed by atoms with Gasteiger partial charge in [0, 0.05) is 32.7 Å². The Kier molecular flexibility index (Phi) is 5.14. The standard InChI is InChI=1S/C18H22N4O3/c1-20(11-14-6-4-3-5-7-14)12-15-10-16(19-25-15)18(24)22-9-8-21(2)17(23)13-22/h3-7,10H,8-9,11-13H2,1-2H3. The molecule has 0 saturated carbocycles. The van der Waals surface area contributed by atoms with E-state index in [1.165, 1.54) is 10.5 Å². The number of likely N-dealkylation sites (N-methyl/N-ethyl adjacent to an activating group) is 1. The summed E-state index contributed by atoms with van der Waals surface area (Å²) < 4.78 is 5.30. The van der Waals surface area contributed by atoms with Crippen LogP contribution in [0, 0.1) is 0 Å². The minimum atomic E-state index is -0.262. The number of rotatable bonds is 5. The van der Waals surface area contributed by atoms with Gasteiger partial charge in [0.25, 0.3) is 5.91 Å². The lowest BCUT2D eigenvalue weighted by molar-refractivity contribution is -0.133. The van der Waals surface area contributed by atoms with E-state index in [-0.39, 0.29) is 24.1 Å². The van der Waals surface area contributed by atoms with E-state index in [1.54, 1.807) is 18.0 Å². The molecule has 2 aromatic rings. The zero-order valence-corrected chi connectivity index (χ0v) is 14.5.